The van der Waals surface area contributed by atoms with Crippen LogP contribution in [0.3, 0.4) is 0 Å². The normalized spacial score (nSPS) is 21.4. The highest BCUT2D eigenvalue weighted by Crippen LogP contribution is 2.35. The van der Waals surface area contributed by atoms with Crippen LogP contribution in [0.1, 0.15) is 41.8 Å². The van der Waals surface area contributed by atoms with Crippen LogP contribution in [0, 0.1) is 11.8 Å². The van der Waals surface area contributed by atoms with Crippen molar-refractivity contribution in [1.29, 1.82) is 0 Å². The van der Waals surface area contributed by atoms with Crippen molar-refractivity contribution in [2.45, 2.75) is 45.1 Å². The van der Waals surface area contributed by atoms with Gasteiger partial charge in [-0.3, -0.25) is 9.59 Å². The van der Waals surface area contributed by atoms with Gasteiger partial charge < -0.3 is 15.1 Å². The highest BCUT2D eigenvalue weighted by Gasteiger charge is 2.33. The summed E-state index contributed by atoms with van der Waals surface area (Å²) in [5.74, 6) is 0.811. The predicted molar refractivity (Wildman–Crippen MR) is 122 cm³/mol. The standard InChI is InChI=1S/C24H30N4O2S/c29-22(25-16-17-5-2-1-3-6-17)19-9-10-20-21(15-19)31-24(26-20)28-13-11-27(12-14-28)23(30)18-7-4-8-18/h1-3,5-6,18-19H,4,7-16H2,(H,25,29)/t19-/m1/s1. The molecule has 1 saturated heterocycles. The van der Waals surface area contributed by atoms with E-state index in [1.165, 1.54) is 17.0 Å². The minimum absolute atomic E-state index is 0.0291. The molecule has 2 amide bonds. The first-order valence-corrected chi connectivity index (χ1v) is 12.3. The molecule has 6 nitrogen and oxygen atoms in total. The van der Waals surface area contributed by atoms with Crippen LogP contribution >= 0.6 is 11.3 Å². The van der Waals surface area contributed by atoms with Crippen LogP contribution in [-0.2, 0) is 29.0 Å². The smallest absolute Gasteiger partial charge is 0.225 e. The number of aromatic nitrogens is 1. The number of hydrogen-bond donors (Lipinski definition) is 1. The van der Waals surface area contributed by atoms with Gasteiger partial charge in [-0.2, -0.15) is 0 Å². The number of hydrogen-bond acceptors (Lipinski definition) is 5. The molecule has 3 aliphatic rings. The number of fused-ring (bicyclic) bond motifs is 1. The summed E-state index contributed by atoms with van der Waals surface area (Å²) in [7, 11) is 0. The van der Waals surface area contributed by atoms with E-state index in [1.807, 2.05) is 35.2 Å². The van der Waals surface area contributed by atoms with E-state index in [4.69, 9.17) is 4.98 Å². The van der Waals surface area contributed by atoms with Crippen LogP contribution in [0.5, 0.6) is 0 Å². The number of amides is 2. The maximum atomic E-state index is 12.7. The molecule has 7 heteroatoms. The molecule has 31 heavy (non-hydrogen) atoms. The van der Waals surface area contributed by atoms with Gasteiger partial charge in [0.2, 0.25) is 11.8 Å². The molecule has 1 aromatic carbocycles. The molecule has 164 valence electrons. The third-order valence-corrected chi connectivity index (χ3v) is 8.11. The van der Waals surface area contributed by atoms with Crippen LogP contribution in [0.4, 0.5) is 5.13 Å². The lowest BCUT2D eigenvalue weighted by atomic mass is 9.84. The van der Waals surface area contributed by atoms with Crippen molar-refractivity contribution in [2.75, 3.05) is 31.1 Å². The highest BCUT2D eigenvalue weighted by atomic mass is 32.1. The molecule has 0 unspecified atom stereocenters. The second-order valence-electron chi connectivity index (χ2n) is 8.95. The number of anilines is 1. The lowest BCUT2D eigenvalue weighted by molar-refractivity contribution is -0.138. The minimum atomic E-state index is 0.0291. The fourth-order valence-electron chi connectivity index (χ4n) is 4.68. The van der Waals surface area contributed by atoms with Gasteiger partial charge in [0.15, 0.2) is 5.13 Å². The molecule has 1 N–H and O–H groups in total. The van der Waals surface area contributed by atoms with Gasteiger partial charge in [0.25, 0.3) is 0 Å². The van der Waals surface area contributed by atoms with Crippen molar-refractivity contribution < 1.29 is 9.59 Å². The summed E-state index contributed by atoms with van der Waals surface area (Å²) in [6, 6.07) is 10.1. The Hall–Kier alpha value is -2.41. The first-order chi connectivity index (χ1) is 15.2. The van der Waals surface area contributed by atoms with E-state index in [-0.39, 0.29) is 17.7 Å². The lowest BCUT2D eigenvalue weighted by Crippen LogP contribution is -2.51. The molecule has 2 heterocycles. The summed E-state index contributed by atoms with van der Waals surface area (Å²) in [6.07, 6.45) is 5.85. The van der Waals surface area contributed by atoms with Crippen molar-refractivity contribution in [3.63, 3.8) is 0 Å². The number of aryl methyl sites for hydroxylation is 1. The van der Waals surface area contributed by atoms with Crippen LogP contribution in [0.2, 0.25) is 0 Å². The van der Waals surface area contributed by atoms with E-state index < -0.39 is 0 Å². The van der Waals surface area contributed by atoms with Crippen LogP contribution in [-0.4, -0.2) is 47.9 Å². The number of piperazine rings is 1. The molecule has 2 fully saturated rings. The Morgan fingerprint density at radius 2 is 1.81 bits per heavy atom. The topological polar surface area (TPSA) is 65.5 Å². The van der Waals surface area contributed by atoms with Gasteiger partial charge in [-0.25, -0.2) is 4.98 Å². The van der Waals surface area contributed by atoms with Gasteiger partial charge in [-0.1, -0.05) is 36.8 Å². The molecule has 2 aliphatic carbocycles. The number of thiazole rings is 1. The maximum Gasteiger partial charge on any atom is 0.225 e. The van der Waals surface area contributed by atoms with Gasteiger partial charge >= 0.3 is 0 Å². The number of nitrogens with zero attached hydrogens (tertiary/aromatic N) is 3. The summed E-state index contributed by atoms with van der Waals surface area (Å²) in [5, 5.41) is 4.16. The van der Waals surface area contributed by atoms with Crippen LogP contribution in [0.15, 0.2) is 30.3 Å². The summed E-state index contributed by atoms with van der Waals surface area (Å²) in [6.45, 7) is 3.88. The molecule has 5 rings (SSSR count). The average molecular weight is 439 g/mol. The first-order valence-electron chi connectivity index (χ1n) is 11.5. The van der Waals surface area contributed by atoms with E-state index in [0.29, 0.717) is 12.5 Å². The number of carbonyl (C=O) groups is 2. The van der Waals surface area contributed by atoms with Crippen molar-refractivity contribution in [1.82, 2.24) is 15.2 Å². The van der Waals surface area contributed by atoms with Gasteiger partial charge in [-0.15, -0.1) is 11.3 Å². The Morgan fingerprint density at radius 1 is 1.03 bits per heavy atom. The SMILES string of the molecule is O=C(NCc1ccccc1)[C@@H]1CCc2nc(N3CCN(C(=O)C4CCC4)CC3)sc2C1. The summed E-state index contributed by atoms with van der Waals surface area (Å²) < 4.78 is 0. The number of benzene rings is 1. The Balaban J connectivity index is 1.15. The largest absolute Gasteiger partial charge is 0.352 e. The molecule has 0 bridgehead atoms. The molecule has 0 radical (unpaired) electrons. The molecule has 1 aliphatic heterocycles. The number of carbonyl (C=O) groups excluding carboxylic acids is 2. The first kappa shape index (κ1) is 20.5. The third-order valence-electron chi connectivity index (χ3n) is 6.92. The monoisotopic (exact) mass is 438 g/mol. The second kappa shape index (κ2) is 8.99. The zero-order valence-corrected chi connectivity index (χ0v) is 18.7. The second-order valence-corrected chi connectivity index (χ2v) is 10.0. The Labute approximate surface area is 187 Å². The van der Waals surface area contributed by atoms with E-state index in [0.717, 1.165) is 69.0 Å². The van der Waals surface area contributed by atoms with E-state index in [9.17, 15) is 9.59 Å². The Bertz CT molecular complexity index is 932. The highest BCUT2D eigenvalue weighted by molar-refractivity contribution is 7.15. The lowest BCUT2D eigenvalue weighted by Gasteiger charge is -2.38. The molecule has 1 atom stereocenters. The van der Waals surface area contributed by atoms with Gasteiger partial charge in [0.05, 0.1) is 5.69 Å². The Morgan fingerprint density at radius 3 is 2.52 bits per heavy atom. The summed E-state index contributed by atoms with van der Waals surface area (Å²) >= 11 is 1.74. The molecule has 1 saturated carbocycles. The fourth-order valence-corrected chi connectivity index (χ4v) is 5.92. The molecule has 1 aromatic heterocycles. The van der Waals surface area contributed by atoms with E-state index in [2.05, 4.69) is 10.2 Å². The van der Waals surface area contributed by atoms with Crippen molar-refractivity contribution in [3.8, 4) is 0 Å². The van der Waals surface area contributed by atoms with Crippen molar-refractivity contribution in [3.05, 3.63) is 46.5 Å². The van der Waals surface area contributed by atoms with Gasteiger partial charge in [0.1, 0.15) is 0 Å². The van der Waals surface area contributed by atoms with E-state index in [1.54, 1.807) is 11.3 Å². The van der Waals surface area contributed by atoms with Crippen LogP contribution < -0.4 is 10.2 Å². The molecule has 0 spiro atoms. The molecule has 2 aromatic rings. The molecular weight excluding hydrogens is 408 g/mol. The van der Waals surface area contributed by atoms with Gasteiger partial charge in [0, 0.05) is 49.4 Å². The zero-order valence-electron chi connectivity index (χ0n) is 17.9. The average Bonchev–Trinajstić information content (AvgIpc) is 3.20. The quantitative estimate of drug-likeness (QED) is 0.779. The van der Waals surface area contributed by atoms with Gasteiger partial charge in [-0.05, 0) is 37.7 Å². The summed E-state index contributed by atoms with van der Waals surface area (Å²) in [4.78, 5) is 35.7. The number of rotatable bonds is 5. The fraction of sp³-hybridized carbons (Fsp3) is 0.542. The number of nitrogens with one attached hydrogen (secondary N) is 1. The van der Waals surface area contributed by atoms with Crippen LogP contribution in [0.25, 0.3) is 0 Å². The third kappa shape index (κ3) is 4.47. The minimum Gasteiger partial charge on any atom is -0.352 e. The van der Waals surface area contributed by atoms with Crippen molar-refractivity contribution in [2.24, 2.45) is 11.8 Å². The zero-order chi connectivity index (χ0) is 21.2. The van der Waals surface area contributed by atoms with E-state index >= 15 is 0 Å². The Kier molecular flexibility index (Phi) is 5.94. The maximum absolute atomic E-state index is 12.7. The van der Waals surface area contributed by atoms with Crippen molar-refractivity contribution >= 4 is 28.3 Å². The molecular formula is C24H30N4O2S. The predicted octanol–water partition coefficient (Wildman–Crippen LogP) is 3.01. The summed E-state index contributed by atoms with van der Waals surface area (Å²) in [5.41, 5.74) is 2.29.